The van der Waals surface area contributed by atoms with Gasteiger partial charge in [0.05, 0.1) is 5.25 Å². The Balaban J connectivity index is 1.54. The van der Waals surface area contributed by atoms with Gasteiger partial charge in [0.15, 0.2) is 0 Å². The molecule has 6 heteroatoms. The summed E-state index contributed by atoms with van der Waals surface area (Å²) >= 11 is 1.02. The first-order valence-corrected chi connectivity index (χ1v) is 9.37. The lowest BCUT2D eigenvalue weighted by atomic mass is 10.0. The van der Waals surface area contributed by atoms with E-state index in [1.807, 2.05) is 36.4 Å². The highest BCUT2D eigenvalue weighted by Crippen LogP contribution is 2.29. The maximum Gasteiger partial charge on any atom is 0.286 e. The van der Waals surface area contributed by atoms with E-state index in [0.29, 0.717) is 17.7 Å². The Morgan fingerprint density at radius 1 is 1.04 bits per heavy atom. The van der Waals surface area contributed by atoms with Gasteiger partial charge >= 0.3 is 0 Å². The summed E-state index contributed by atoms with van der Waals surface area (Å²) in [6, 6.07) is 18.1. The average molecular weight is 381 g/mol. The molecule has 1 saturated heterocycles. The Kier molecular flexibility index (Phi) is 4.81. The van der Waals surface area contributed by atoms with Gasteiger partial charge in [-0.3, -0.25) is 14.9 Å². The minimum absolute atomic E-state index is 0.147. The summed E-state index contributed by atoms with van der Waals surface area (Å²) in [5.74, 6) is 0.138. The first-order valence-electron chi connectivity index (χ1n) is 8.49. The SMILES string of the molecule is O=C1NC(=O)C(Cc2ccc3c(OCc4ccccc4F)cccc3c2)S1. The summed E-state index contributed by atoms with van der Waals surface area (Å²) in [7, 11) is 0. The van der Waals surface area contributed by atoms with Crippen molar-refractivity contribution in [2.75, 3.05) is 0 Å². The molecule has 0 aliphatic carbocycles. The van der Waals surface area contributed by atoms with Gasteiger partial charge in [-0.05, 0) is 29.5 Å². The monoisotopic (exact) mass is 381 g/mol. The summed E-state index contributed by atoms with van der Waals surface area (Å²) in [4.78, 5) is 23.1. The molecule has 3 aromatic carbocycles. The van der Waals surface area contributed by atoms with E-state index in [9.17, 15) is 14.0 Å². The molecule has 1 heterocycles. The number of halogens is 1. The number of thioether (sulfide) groups is 1. The minimum Gasteiger partial charge on any atom is -0.488 e. The van der Waals surface area contributed by atoms with E-state index in [1.165, 1.54) is 6.07 Å². The zero-order valence-corrected chi connectivity index (χ0v) is 15.1. The van der Waals surface area contributed by atoms with Crippen LogP contribution in [0.5, 0.6) is 5.75 Å². The zero-order chi connectivity index (χ0) is 18.8. The van der Waals surface area contributed by atoms with Gasteiger partial charge in [-0.2, -0.15) is 0 Å². The van der Waals surface area contributed by atoms with Crippen molar-refractivity contribution < 1.29 is 18.7 Å². The van der Waals surface area contributed by atoms with Crippen LogP contribution in [0.4, 0.5) is 9.18 Å². The summed E-state index contributed by atoms with van der Waals surface area (Å²) in [5, 5.41) is 3.49. The lowest BCUT2D eigenvalue weighted by Gasteiger charge is -2.12. The number of hydrogen-bond donors (Lipinski definition) is 1. The standard InChI is InChI=1S/C21H16FNO3S/c22-17-6-2-1-4-15(17)12-26-18-7-3-5-14-10-13(8-9-16(14)18)11-19-20(24)23-21(25)27-19/h1-10,19H,11-12H2,(H,23,24,25). The number of fused-ring (bicyclic) bond motifs is 1. The highest BCUT2D eigenvalue weighted by atomic mass is 32.2. The van der Waals surface area contributed by atoms with Crippen LogP contribution in [0.15, 0.2) is 60.7 Å². The molecule has 0 radical (unpaired) electrons. The van der Waals surface area contributed by atoms with Crippen LogP contribution >= 0.6 is 11.8 Å². The predicted octanol–water partition coefficient (Wildman–Crippen LogP) is 4.45. The molecule has 1 unspecified atom stereocenters. The minimum atomic E-state index is -0.393. The lowest BCUT2D eigenvalue weighted by Crippen LogP contribution is -2.25. The van der Waals surface area contributed by atoms with Crippen molar-refractivity contribution in [3.63, 3.8) is 0 Å². The molecule has 4 rings (SSSR count). The molecular formula is C21H16FNO3S. The van der Waals surface area contributed by atoms with E-state index in [4.69, 9.17) is 4.74 Å². The van der Waals surface area contributed by atoms with Crippen molar-refractivity contribution in [1.82, 2.24) is 5.32 Å². The van der Waals surface area contributed by atoms with E-state index in [-0.39, 0.29) is 23.6 Å². The highest BCUT2D eigenvalue weighted by molar-refractivity contribution is 8.15. The molecule has 27 heavy (non-hydrogen) atoms. The molecule has 1 atom stereocenters. The van der Waals surface area contributed by atoms with Gasteiger partial charge in [-0.1, -0.05) is 60.3 Å². The van der Waals surface area contributed by atoms with Gasteiger partial charge in [0, 0.05) is 10.9 Å². The maximum absolute atomic E-state index is 13.8. The fourth-order valence-corrected chi connectivity index (χ4v) is 3.93. The normalized spacial score (nSPS) is 16.6. The number of amides is 2. The summed E-state index contributed by atoms with van der Waals surface area (Å²) in [5.41, 5.74) is 1.47. The molecular weight excluding hydrogens is 365 g/mol. The van der Waals surface area contributed by atoms with E-state index in [0.717, 1.165) is 28.1 Å². The lowest BCUT2D eigenvalue weighted by molar-refractivity contribution is -0.118. The van der Waals surface area contributed by atoms with E-state index < -0.39 is 5.25 Å². The van der Waals surface area contributed by atoms with Gasteiger partial charge in [0.2, 0.25) is 5.91 Å². The molecule has 0 bridgehead atoms. The third kappa shape index (κ3) is 3.80. The van der Waals surface area contributed by atoms with Gasteiger partial charge in [-0.25, -0.2) is 4.39 Å². The molecule has 0 aromatic heterocycles. The van der Waals surface area contributed by atoms with Crippen molar-refractivity contribution >= 4 is 33.7 Å². The number of benzene rings is 3. The molecule has 2 amide bonds. The van der Waals surface area contributed by atoms with Crippen LogP contribution < -0.4 is 10.1 Å². The van der Waals surface area contributed by atoms with Crippen LogP contribution in [0.25, 0.3) is 10.8 Å². The van der Waals surface area contributed by atoms with Crippen molar-refractivity contribution in [2.45, 2.75) is 18.3 Å². The second-order valence-electron chi connectivity index (χ2n) is 6.28. The quantitative estimate of drug-likeness (QED) is 0.709. The summed E-state index contributed by atoms with van der Waals surface area (Å²) in [6.07, 6.45) is 0.485. The van der Waals surface area contributed by atoms with Crippen molar-refractivity contribution in [2.24, 2.45) is 0 Å². The third-order valence-corrected chi connectivity index (χ3v) is 5.42. The van der Waals surface area contributed by atoms with E-state index in [2.05, 4.69) is 5.32 Å². The van der Waals surface area contributed by atoms with Crippen LogP contribution in [-0.4, -0.2) is 16.4 Å². The second kappa shape index (κ2) is 7.40. The number of ether oxygens (including phenoxy) is 1. The number of imide groups is 1. The predicted molar refractivity (Wildman–Crippen MR) is 103 cm³/mol. The molecule has 3 aromatic rings. The van der Waals surface area contributed by atoms with E-state index >= 15 is 0 Å². The van der Waals surface area contributed by atoms with Crippen LogP contribution in [0.3, 0.4) is 0 Å². The topological polar surface area (TPSA) is 55.4 Å². The van der Waals surface area contributed by atoms with Crippen LogP contribution in [0, 0.1) is 5.82 Å². The molecule has 1 N–H and O–H groups in total. The molecule has 136 valence electrons. The van der Waals surface area contributed by atoms with E-state index in [1.54, 1.807) is 18.2 Å². The zero-order valence-electron chi connectivity index (χ0n) is 14.3. The number of rotatable bonds is 5. The molecule has 0 spiro atoms. The van der Waals surface area contributed by atoms with Gasteiger partial charge in [-0.15, -0.1) is 0 Å². The average Bonchev–Trinajstić information content (AvgIpc) is 2.97. The molecule has 1 aliphatic heterocycles. The van der Waals surface area contributed by atoms with Crippen LogP contribution in [0.2, 0.25) is 0 Å². The Bertz CT molecular complexity index is 1040. The number of carbonyl (C=O) groups excluding carboxylic acids is 2. The van der Waals surface area contributed by atoms with Gasteiger partial charge in [0.1, 0.15) is 18.2 Å². The summed E-state index contributed by atoms with van der Waals surface area (Å²) < 4.78 is 19.6. The fourth-order valence-electron chi connectivity index (χ4n) is 3.07. The van der Waals surface area contributed by atoms with Crippen molar-refractivity contribution in [1.29, 1.82) is 0 Å². The van der Waals surface area contributed by atoms with Crippen LogP contribution in [0.1, 0.15) is 11.1 Å². The number of hydrogen-bond acceptors (Lipinski definition) is 4. The highest BCUT2D eigenvalue weighted by Gasteiger charge is 2.31. The maximum atomic E-state index is 13.8. The Labute approximate surface area is 159 Å². The van der Waals surface area contributed by atoms with Gasteiger partial charge < -0.3 is 4.74 Å². The largest absolute Gasteiger partial charge is 0.488 e. The number of nitrogens with one attached hydrogen (secondary N) is 1. The molecule has 1 fully saturated rings. The Hall–Kier alpha value is -2.86. The van der Waals surface area contributed by atoms with Crippen molar-refractivity contribution in [3.8, 4) is 5.75 Å². The fraction of sp³-hybridized carbons (Fsp3) is 0.143. The molecule has 1 aliphatic rings. The summed E-state index contributed by atoms with van der Waals surface area (Å²) in [6.45, 7) is 0.147. The number of carbonyl (C=O) groups is 2. The third-order valence-electron chi connectivity index (χ3n) is 4.43. The smallest absolute Gasteiger partial charge is 0.286 e. The molecule has 0 saturated carbocycles. The first kappa shape index (κ1) is 17.5. The second-order valence-corrected chi connectivity index (χ2v) is 7.45. The van der Waals surface area contributed by atoms with Crippen LogP contribution in [-0.2, 0) is 17.8 Å². The Morgan fingerprint density at radius 2 is 1.89 bits per heavy atom. The van der Waals surface area contributed by atoms with Crippen molar-refractivity contribution in [3.05, 3.63) is 77.6 Å². The Morgan fingerprint density at radius 3 is 2.67 bits per heavy atom. The van der Waals surface area contributed by atoms with Gasteiger partial charge in [0.25, 0.3) is 5.24 Å². The molecule has 4 nitrogen and oxygen atoms in total. The first-order chi connectivity index (χ1) is 13.1.